The van der Waals surface area contributed by atoms with E-state index in [9.17, 15) is 4.79 Å². The van der Waals surface area contributed by atoms with Crippen molar-refractivity contribution in [2.24, 2.45) is 0 Å². The molecule has 0 bridgehead atoms. The molecule has 0 unspecified atom stereocenters. The maximum atomic E-state index is 12.7. The van der Waals surface area contributed by atoms with Gasteiger partial charge < -0.3 is 10.6 Å². The largest absolute Gasteiger partial charge is 0.368 e. The molecule has 5 nitrogen and oxygen atoms in total. The molecule has 0 aliphatic heterocycles. The minimum absolute atomic E-state index is 0.107. The SMILES string of the molecule is C=C(/C=C(/NCCNC(=O)c1ccc2ccccc2c1)n1ncc(C)c1C)c1ccccc1Cl. The number of aromatic nitrogens is 2. The van der Waals surface area contributed by atoms with E-state index in [0.717, 1.165) is 39.0 Å². The molecular weight excluding hydrogens is 444 g/mol. The molecule has 4 aromatic rings. The Morgan fingerprint density at radius 1 is 1.00 bits per heavy atom. The highest BCUT2D eigenvalue weighted by molar-refractivity contribution is 6.32. The number of fused-ring (bicyclic) bond motifs is 1. The lowest BCUT2D eigenvalue weighted by molar-refractivity contribution is 0.0954. The van der Waals surface area contributed by atoms with Crippen molar-refractivity contribution in [1.29, 1.82) is 0 Å². The highest BCUT2D eigenvalue weighted by Gasteiger charge is 2.11. The summed E-state index contributed by atoms with van der Waals surface area (Å²) in [6.07, 6.45) is 3.75. The monoisotopic (exact) mass is 470 g/mol. The summed E-state index contributed by atoms with van der Waals surface area (Å²) in [6, 6.07) is 21.3. The van der Waals surface area contributed by atoms with Crippen molar-refractivity contribution in [3.63, 3.8) is 0 Å². The number of benzene rings is 3. The predicted octanol–water partition coefficient (Wildman–Crippen LogP) is 5.84. The molecule has 3 aromatic carbocycles. The van der Waals surface area contributed by atoms with Crippen molar-refractivity contribution < 1.29 is 4.79 Å². The van der Waals surface area contributed by atoms with Crippen molar-refractivity contribution in [1.82, 2.24) is 20.4 Å². The summed E-state index contributed by atoms with van der Waals surface area (Å²) in [5, 5.41) is 13.7. The van der Waals surface area contributed by atoms with Gasteiger partial charge in [0.1, 0.15) is 5.82 Å². The number of amides is 1. The van der Waals surface area contributed by atoms with Crippen LogP contribution in [0.3, 0.4) is 0 Å². The predicted molar refractivity (Wildman–Crippen MR) is 141 cm³/mol. The van der Waals surface area contributed by atoms with Gasteiger partial charge >= 0.3 is 0 Å². The van der Waals surface area contributed by atoms with E-state index in [1.54, 1.807) is 0 Å². The fraction of sp³-hybridized carbons (Fsp3) is 0.143. The van der Waals surface area contributed by atoms with Crippen molar-refractivity contribution in [3.05, 3.63) is 113 Å². The van der Waals surface area contributed by atoms with Crippen molar-refractivity contribution in [3.8, 4) is 0 Å². The molecule has 0 saturated heterocycles. The van der Waals surface area contributed by atoms with Gasteiger partial charge in [-0.25, -0.2) is 4.68 Å². The second-order valence-corrected chi connectivity index (χ2v) is 8.51. The maximum Gasteiger partial charge on any atom is 0.251 e. The summed E-state index contributed by atoms with van der Waals surface area (Å²) in [6.45, 7) is 9.18. The number of nitrogens with zero attached hydrogens (tertiary/aromatic N) is 2. The number of rotatable bonds is 8. The standard InChI is InChI=1S/C28H27ClN4O/c1-19(25-10-6-7-11-26(25)29)16-27(33-21(3)20(2)18-32-33)30-14-15-31-28(34)24-13-12-22-8-4-5-9-23(22)17-24/h4-13,16-18,30H,1,14-15H2,2-3H3,(H,31,34)/b27-16-. The maximum absolute atomic E-state index is 12.7. The second kappa shape index (κ2) is 10.4. The first-order valence-electron chi connectivity index (χ1n) is 11.1. The molecule has 0 spiro atoms. The molecule has 0 saturated carbocycles. The van der Waals surface area contributed by atoms with Gasteiger partial charge in [0, 0.05) is 29.4 Å². The summed E-state index contributed by atoms with van der Waals surface area (Å²) in [5.74, 6) is 0.653. The fourth-order valence-electron chi connectivity index (χ4n) is 3.68. The Bertz CT molecular complexity index is 1390. The highest BCUT2D eigenvalue weighted by atomic mass is 35.5. The zero-order valence-corrected chi connectivity index (χ0v) is 20.1. The van der Waals surface area contributed by atoms with E-state index in [1.807, 2.05) is 97.5 Å². The lowest BCUT2D eigenvalue weighted by Crippen LogP contribution is -2.32. The van der Waals surface area contributed by atoms with Crippen LogP contribution in [0.5, 0.6) is 0 Å². The van der Waals surface area contributed by atoms with Gasteiger partial charge in [0.15, 0.2) is 0 Å². The topological polar surface area (TPSA) is 58.9 Å². The first kappa shape index (κ1) is 23.3. The van der Waals surface area contributed by atoms with Crippen LogP contribution < -0.4 is 10.6 Å². The van der Waals surface area contributed by atoms with Gasteiger partial charge in [0.2, 0.25) is 0 Å². The number of carbonyl (C=O) groups is 1. The van der Waals surface area contributed by atoms with Crippen LogP contribution >= 0.6 is 11.6 Å². The third-order valence-electron chi connectivity index (χ3n) is 5.74. The Morgan fingerprint density at radius 3 is 2.44 bits per heavy atom. The van der Waals surface area contributed by atoms with Crippen LogP contribution in [0.25, 0.3) is 22.2 Å². The van der Waals surface area contributed by atoms with Crippen LogP contribution in [0.15, 0.2) is 85.6 Å². The van der Waals surface area contributed by atoms with Gasteiger partial charge in [0.05, 0.1) is 6.20 Å². The summed E-state index contributed by atoms with van der Waals surface area (Å²) in [7, 11) is 0. The molecule has 4 rings (SSSR count). The van der Waals surface area contributed by atoms with Crippen molar-refractivity contribution in [2.45, 2.75) is 13.8 Å². The highest BCUT2D eigenvalue weighted by Crippen LogP contribution is 2.25. The number of aryl methyl sites for hydroxylation is 1. The average Bonchev–Trinajstić information content (AvgIpc) is 3.18. The zero-order chi connectivity index (χ0) is 24.1. The molecule has 1 amide bonds. The fourth-order valence-corrected chi connectivity index (χ4v) is 3.94. The summed E-state index contributed by atoms with van der Waals surface area (Å²) in [4.78, 5) is 12.7. The number of hydrogen-bond donors (Lipinski definition) is 2. The van der Waals surface area contributed by atoms with Crippen LogP contribution in [0, 0.1) is 13.8 Å². The van der Waals surface area contributed by atoms with Gasteiger partial charge in [0.25, 0.3) is 5.91 Å². The van der Waals surface area contributed by atoms with Gasteiger partial charge in [-0.15, -0.1) is 0 Å². The van der Waals surface area contributed by atoms with Crippen LogP contribution in [-0.2, 0) is 0 Å². The number of nitrogens with one attached hydrogen (secondary N) is 2. The third-order valence-corrected chi connectivity index (χ3v) is 6.07. The van der Waals surface area contributed by atoms with E-state index >= 15 is 0 Å². The Labute approximate surface area is 204 Å². The van der Waals surface area contributed by atoms with Crippen molar-refractivity contribution in [2.75, 3.05) is 13.1 Å². The lowest BCUT2D eigenvalue weighted by atomic mass is 10.1. The molecule has 1 aromatic heterocycles. The Hall–Kier alpha value is -3.83. The molecule has 0 atom stereocenters. The van der Waals surface area contributed by atoms with E-state index in [4.69, 9.17) is 11.6 Å². The molecule has 0 fully saturated rings. The Morgan fingerprint density at radius 2 is 1.71 bits per heavy atom. The quantitative estimate of drug-likeness (QED) is 0.251. The van der Waals surface area contributed by atoms with E-state index in [0.29, 0.717) is 23.7 Å². The molecular formula is C28H27ClN4O. The van der Waals surface area contributed by atoms with E-state index in [-0.39, 0.29) is 5.91 Å². The average molecular weight is 471 g/mol. The minimum atomic E-state index is -0.107. The van der Waals surface area contributed by atoms with Crippen LogP contribution in [-0.4, -0.2) is 28.8 Å². The lowest BCUT2D eigenvalue weighted by Gasteiger charge is -2.15. The van der Waals surface area contributed by atoms with E-state index < -0.39 is 0 Å². The number of allylic oxidation sites excluding steroid dienone is 2. The van der Waals surface area contributed by atoms with Gasteiger partial charge in [-0.3, -0.25) is 4.79 Å². The van der Waals surface area contributed by atoms with Crippen molar-refractivity contribution >= 4 is 39.7 Å². The molecule has 1 heterocycles. The normalized spacial score (nSPS) is 11.4. The van der Waals surface area contributed by atoms with Gasteiger partial charge in [-0.05, 0) is 65.6 Å². The summed E-state index contributed by atoms with van der Waals surface area (Å²) < 4.78 is 1.84. The first-order chi connectivity index (χ1) is 16.4. The van der Waals surface area contributed by atoms with E-state index in [1.165, 1.54) is 0 Å². The van der Waals surface area contributed by atoms with Gasteiger partial charge in [-0.2, -0.15) is 5.10 Å². The minimum Gasteiger partial charge on any atom is -0.368 e. The summed E-state index contributed by atoms with van der Waals surface area (Å²) in [5.41, 5.74) is 4.36. The van der Waals surface area contributed by atoms with Crippen LogP contribution in [0.4, 0.5) is 0 Å². The van der Waals surface area contributed by atoms with Crippen LogP contribution in [0.1, 0.15) is 27.2 Å². The van der Waals surface area contributed by atoms with Gasteiger partial charge in [-0.1, -0.05) is 66.7 Å². The number of carbonyl (C=O) groups excluding carboxylic acids is 1. The smallest absolute Gasteiger partial charge is 0.251 e. The number of hydrogen-bond acceptors (Lipinski definition) is 3. The Balaban J connectivity index is 1.45. The molecule has 34 heavy (non-hydrogen) atoms. The van der Waals surface area contributed by atoms with E-state index in [2.05, 4.69) is 22.3 Å². The zero-order valence-electron chi connectivity index (χ0n) is 19.3. The second-order valence-electron chi connectivity index (χ2n) is 8.10. The molecule has 6 heteroatoms. The molecule has 2 N–H and O–H groups in total. The molecule has 0 aliphatic rings. The van der Waals surface area contributed by atoms with Crippen LogP contribution in [0.2, 0.25) is 5.02 Å². The Kier molecular flexibility index (Phi) is 7.14. The molecule has 0 radical (unpaired) electrons. The summed E-state index contributed by atoms with van der Waals surface area (Å²) >= 11 is 6.36. The molecule has 172 valence electrons. The molecule has 0 aliphatic carbocycles. The first-order valence-corrected chi connectivity index (χ1v) is 11.5. The number of halogens is 1. The third kappa shape index (κ3) is 5.21.